The van der Waals surface area contributed by atoms with E-state index >= 15 is 0 Å². The van der Waals surface area contributed by atoms with E-state index in [0.717, 1.165) is 11.1 Å². The van der Waals surface area contributed by atoms with E-state index in [4.69, 9.17) is 11.5 Å². The maximum atomic E-state index is 5.83. The van der Waals surface area contributed by atoms with Crippen LogP contribution in [-0.2, 0) is 13.1 Å². The van der Waals surface area contributed by atoms with Crippen LogP contribution in [0.5, 0.6) is 0 Å². The monoisotopic (exact) mass is 406 g/mol. The van der Waals surface area contributed by atoms with Crippen LogP contribution in [0.1, 0.15) is 40.8 Å². The number of benzene rings is 4. The van der Waals surface area contributed by atoms with E-state index in [1.807, 2.05) is 0 Å². The van der Waals surface area contributed by atoms with Gasteiger partial charge >= 0.3 is 0 Å². The van der Waals surface area contributed by atoms with Crippen LogP contribution in [0.2, 0.25) is 0 Å². The van der Waals surface area contributed by atoms with Gasteiger partial charge in [-0.05, 0) is 44.5 Å². The van der Waals surface area contributed by atoms with Crippen LogP contribution in [-0.4, -0.2) is 0 Å². The van der Waals surface area contributed by atoms with Gasteiger partial charge in [0.15, 0.2) is 0 Å². The summed E-state index contributed by atoms with van der Waals surface area (Å²) in [7, 11) is 0. The molecule has 2 heteroatoms. The van der Waals surface area contributed by atoms with Crippen molar-refractivity contribution < 1.29 is 0 Å². The number of hydrogen-bond acceptors (Lipinski definition) is 2. The molecule has 0 atom stereocenters. The van der Waals surface area contributed by atoms with Crippen molar-refractivity contribution in [2.24, 2.45) is 11.5 Å². The highest BCUT2D eigenvalue weighted by atomic mass is 14.5. The summed E-state index contributed by atoms with van der Waals surface area (Å²) in [5.74, 6) is 0. The van der Waals surface area contributed by atoms with Crippen LogP contribution in [0.25, 0.3) is 11.1 Å². The average Bonchev–Trinajstić information content (AvgIpc) is 2.84. The van der Waals surface area contributed by atoms with Gasteiger partial charge in [0.25, 0.3) is 0 Å². The van der Waals surface area contributed by atoms with Gasteiger partial charge < -0.3 is 11.5 Å². The van der Waals surface area contributed by atoms with E-state index in [0.29, 0.717) is 13.1 Å². The summed E-state index contributed by atoms with van der Waals surface area (Å²) < 4.78 is 0. The third-order valence-electron chi connectivity index (χ3n) is 5.33. The van der Waals surface area contributed by atoms with Crippen molar-refractivity contribution in [1.29, 1.82) is 0 Å². The van der Waals surface area contributed by atoms with Crippen LogP contribution < -0.4 is 11.5 Å². The van der Waals surface area contributed by atoms with Crippen LogP contribution >= 0.6 is 0 Å². The summed E-state index contributed by atoms with van der Waals surface area (Å²) in [6, 6.07) is 38.2. The highest BCUT2D eigenvalue weighted by Gasteiger charge is 2.16. The van der Waals surface area contributed by atoms with E-state index in [1.54, 1.807) is 0 Å². The van der Waals surface area contributed by atoms with Crippen LogP contribution in [0.3, 0.4) is 0 Å². The molecule has 0 radical (unpaired) electrons. The summed E-state index contributed by atoms with van der Waals surface area (Å²) in [5.41, 5.74) is 21.0. The molecule has 0 amide bonds. The zero-order valence-electron chi connectivity index (χ0n) is 17.0. The Kier molecular flexibility index (Phi) is 7.55. The molecule has 4 aromatic rings. The standard InChI is InChI=1S/C28H26N2.CH4/c29-19-21-11-15-25(16-12-21)27(23-7-3-1-4-8-23)28(24-9-5-2-6-10-24)26-17-13-22(20-30)14-18-26;/h1-18H,19-20,29-30H2;1H4/b28-27+;. The summed E-state index contributed by atoms with van der Waals surface area (Å²) in [4.78, 5) is 0. The second-order valence-corrected chi connectivity index (χ2v) is 7.28. The molecule has 4 N–H and O–H groups in total. The molecule has 0 heterocycles. The van der Waals surface area contributed by atoms with Crippen LogP contribution in [0.4, 0.5) is 0 Å². The molecule has 0 aliphatic rings. The Bertz CT molecular complexity index is 1020. The first kappa shape index (κ1) is 22.2. The largest absolute Gasteiger partial charge is 0.326 e. The predicted molar refractivity (Wildman–Crippen MR) is 133 cm³/mol. The number of hydrogen-bond donors (Lipinski definition) is 2. The summed E-state index contributed by atoms with van der Waals surface area (Å²) in [6.07, 6.45) is 0. The summed E-state index contributed by atoms with van der Waals surface area (Å²) in [5, 5.41) is 0. The SMILES string of the molecule is C.NCc1ccc(/C(=C(\c2ccccc2)c2ccc(CN)cc2)c2ccccc2)cc1. The summed E-state index contributed by atoms with van der Waals surface area (Å²) >= 11 is 0. The molecule has 0 spiro atoms. The normalized spacial score (nSPS) is 11.4. The van der Waals surface area contributed by atoms with Gasteiger partial charge in [0, 0.05) is 13.1 Å². The van der Waals surface area contributed by atoms with E-state index < -0.39 is 0 Å². The van der Waals surface area contributed by atoms with E-state index in [1.165, 1.54) is 33.4 Å². The van der Waals surface area contributed by atoms with Crippen molar-refractivity contribution in [1.82, 2.24) is 0 Å². The molecule has 4 rings (SSSR count). The lowest BCUT2D eigenvalue weighted by Crippen LogP contribution is -2.00. The predicted octanol–water partition coefficient (Wildman–Crippen LogP) is 6.25. The lowest BCUT2D eigenvalue weighted by molar-refractivity contribution is 1.07. The third-order valence-corrected chi connectivity index (χ3v) is 5.33. The Morgan fingerprint density at radius 1 is 0.419 bits per heavy atom. The van der Waals surface area contributed by atoms with Gasteiger partial charge in [-0.15, -0.1) is 0 Å². The minimum absolute atomic E-state index is 0. The smallest absolute Gasteiger partial charge is 0.0178 e. The second-order valence-electron chi connectivity index (χ2n) is 7.28. The third kappa shape index (κ3) is 5.00. The van der Waals surface area contributed by atoms with Gasteiger partial charge in [0.1, 0.15) is 0 Å². The molecule has 0 bridgehead atoms. The Hall–Kier alpha value is -3.46. The van der Waals surface area contributed by atoms with Crippen molar-refractivity contribution in [2.45, 2.75) is 20.5 Å². The van der Waals surface area contributed by atoms with Crippen molar-refractivity contribution >= 4 is 11.1 Å². The Morgan fingerprint density at radius 2 is 0.710 bits per heavy atom. The van der Waals surface area contributed by atoms with Gasteiger partial charge in [-0.1, -0.05) is 117 Å². The Balaban J connectivity index is 0.00000272. The van der Waals surface area contributed by atoms with Crippen molar-refractivity contribution in [3.05, 3.63) is 143 Å². The molecule has 2 nitrogen and oxygen atoms in total. The highest BCUT2D eigenvalue weighted by Crippen LogP contribution is 2.36. The van der Waals surface area contributed by atoms with Gasteiger partial charge in [-0.3, -0.25) is 0 Å². The topological polar surface area (TPSA) is 52.0 Å². The fourth-order valence-electron chi connectivity index (χ4n) is 3.74. The maximum Gasteiger partial charge on any atom is 0.0178 e. The Labute approximate surface area is 185 Å². The fourth-order valence-corrected chi connectivity index (χ4v) is 3.74. The van der Waals surface area contributed by atoms with Crippen molar-refractivity contribution in [3.63, 3.8) is 0 Å². The van der Waals surface area contributed by atoms with Gasteiger partial charge in [-0.2, -0.15) is 0 Å². The molecule has 0 saturated heterocycles. The first-order chi connectivity index (χ1) is 14.8. The van der Waals surface area contributed by atoms with Crippen LogP contribution in [0, 0.1) is 0 Å². The molecule has 0 aliphatic heterocycles. The Morgan fingerprint density at radius 3 is 1.00 bits per heavy atom. The van der Waals surface area contributed by atoms with Crippen molar-refractivity contribution in [3.8, 4) is 0 Å². The first-order valence-corrected chi connectivity index (χ1v) is 10.2. The van der Waals surface area contributed by atoms with Gasteiger partial charge in [0.2, 0.25) is 0 Å². The average molecular weight is 407 g/mol. The maximum absolute atomic E-state index is 5.83. The molecule has 0 aromatic heterocycles. The quantitative estimate of drug-likeness (QED) is 0.372. The van der Waals surface area contributed by atoms with E-state index in [-0.39, 0.29) is 7.43 Å². The van der Waals surface area contributed by atoms with E-state index in [9.17, 15) is 0 Å². The van der Waals surface area contributed by atoms with E-state index in [2.05, 4.69) is 109 Å². The molecule has 31 heavy (non-hydrogen) atoms. The van der Waals surface area contributed by atoms with Gasteiger partial charge in [0.05, 0.1) is 0 Å². The number of nitrogens with two attached hydrogens (primary N) is 2. The molecule has 0 fully saturated rings. The fraction of sp³-hybridized carbons (Fsp3) is 0.103. The molecule has 156 valence electrons. The van der Waals surface area contributed by atoms with Crippen LogP contribution in [0.15, 0.2) is 109 Å². The molecule has 0 unspecified atom stereocenters. The lowest BCUT2D eigenvalue weighted by atomic mass is 9.85. The molecule has 4 aromatic carbocycles. The first-order valence-electron chi connectivity index (χ1n) is 10.2. The molecular formula is C29H30N2. The number of rotatable bonds is 6. The lowest BCUT2D eigenvalue weighted by Gasteiger charge is -2.18. The second kappa shape index (κ2) is 10.5. The highest BCUT2D eigenvalue weighted by molar-refractivity contribution is 6.04. The zero-order chi connectivity index (χ0) is 20.8. The molecule has 0 aliphatic carbocycles. The molecule has 0 saturated carbocycles. The molecular weight excluding hydrogens is 376 g/mol. The minimum atomic E-state index is 0. The van der Waals surface area contributed by atoms with Crippen molar-refractivity contribution in [2.75, 3.05) is 0 Å². The minimum Gasteiger partial charge on any atom is -0.326 e. The van der Waals surface area contributed by atoms with Gasteiger partial charge in [-0.25, -0.2) is 0 Å². The summed E-state index contributed by atoms with van der Waals surface area (Å²) in [6.45, 7) is 1.08. The zero-order valence-corrected chi connectivity index (χ0v) is 17.0.